The summed E-state index contributed by atoms with van der Waals surface area (Å²) in [7, 11) is 0. The highest BCUT2D eigenvalue weighted by Crippen LogP contribution is 2.21. The van der Waals surface area contributed by atoms with Crippen LogP contribution in [-0.4, -0.2) is 36.3 Å². The number of carbonyl (C=O) groups is 1. The average molecular weight is 356 g/mol. The van der Waals surface area contributed by atoms with Crippen molar-refractivity contribution in [3.8, 4) is 0 Å². The summed E-state index contributed by atoms with van der Waals surface area (Å²) < 4.78 is 5.46. The van der Waals surface area contributed by atoms with Gasteiger partial charge in [0.1, 0.15) is 0 Å². The Hall–Kier alpha value is -1.78. The van der Waals surface area contributed by atoms with Crippen molar-refractivity contribution >= 4 is 17.7 Å². The summed E-state index contributed by atoms with van der Waals surface area (Å²) in [6.07, 6.45) is 2.09. The monoisotopic (exact) mass is 355 g/mol. The lowest BCUT2D eigenvalue weighted by Crippen LogP contribution is -2.37. The van der Waals surface area contributed by atoms with Crippen LogP contribution in [0.15, 0.2) is 65.6 Å². The summed E-state index contributed by atoms with van der Waals surface area (Å²) in [5, 5.41) is 0. The molecule has 0 aromatic heterocycles. The Morgan fingerprint density at radius 2 is 1.64 bits per heavy atom. The zero-order valence-electron chi connectivity index (χ0n) is 14.5. The number of hydrogen-bond acceptors (Lipinski definition) is 3. The molecule has 0 saturated carbocycles. The van der Waals surface area contributed by atoms with E-state index >= 15 is 0 Å². The molecule has 0 unspecified atom stereocenters. The van der Waals surface area contributed by atoms with Gasteiger partial charge >= 0.3 is 0 Å². The van der Waals surface area contributed by atoms with Crippen LogP contribution in [0.2, 0.25) is 0 Å². The van der Waals surface area contributed by atoms with Crippen molar-refractivity contribution in [2.75, 3.05) is 25.5 Å². The molecule has 132 valence electrons. The van der Waals surface area contributed by atoms with Gasteiger partial charge in [-0.2, -0.15) is 0 Å². The van der Waals surface area contributed by atoms with Gasteiger partial charge in [-0.15, -0.1) is 11.8 Å². The summed E-state index contributed by atoms with van der Waals surface area (Å²) >= 11 is 1.61. The summed E-state index contributed by atoms with van der Waals surface area (Å²) in [5.74, 6) is 1.24. The fourth-order valence-electron chi connectivity index (χ4n) is 3.05. The minimum atomic E-state index is 0.212. The second-order valence-electron chi connectivity index (χ2n) is 6.42. The van der Waals surface area contributed by atoms with Gasteiger partial charge < -0.3 is 9.64 Å². The molecular formula is C21H25NO2S. The number of amides is 1. The molecule has 25 heavy (non-hydrogen) atoms. The molecule has 0 bridgehead atoms. The van der Waals surface area contributed by atoms with Crippen LogP contribution in [0.3, 0.4) is 0 Å². The van der Waals surface area contributed by atoms with E-state index in [-0.39, 0.29) is 5.91 Å². The lowest BCUT2D eigenvalue weighted by Gasteiger charge is -2.30. The molecule has 1 heterocycles. The molecule has 0 N–H and O–H groups in total. The minimum Gasteiger partial charge on any atom is -0.381 e. The second-order valence-corrected chi connectivity index (χ2v) is 7.47. The van der Waals surface area contributed by atoms with E-state index in [2.05, 4.69) is 24.3 Å². The lowest BCUT2D eigenvalue weighted by molar-refractivity contribution is -0.130. The molecular weight excluding hydrogens is 330 g/mol. The zero-order valence-corrected chi connectivity index (χ0v) is 15.3. The molecule has 3 nitrogen and oxygen atoms in total. The number of ether oxygens (including phenoxy) is 1. The number of rotatable bonds is 7. The first-order valence-electron chi connectivity index (χ1n) is 8.88. The van der Waals surface area contributed by atoms with Gasteiger partial charge in [0.15, 0.2) is 0 Å². The average Bonchev–Trinajstić information content (AvgIpc) is 2.68. The van der Waals surface area contributed by atoms with Gasteiger partial charge in [0.25, 0.3) is 0 Å². The Morgan fingerprint density at radius 1 is 1.00 bits per heavy atom. The van der Waals surface area contributed by atoms with Crippen LogP contribution < -0.4 is 0 Å². The van der Waals surface area contributed by atoms with Gasteiger partial charge in [0.05, 0.1) is 5.75 Å². The number of nitrogens with zero attached hydrogens (tertiary/aromatic N) is 1. The van der Waals surface area contributed by atoms with Crippen LogP contribution in [0.5, 0.6) is 0 Å². The highest BCUT2D eigenvalue weighted by Gasteiger charge is 2.21. The molecule has 2 aromatic rings. The normalized spacial score (nSPS) is 15.0. The lowest BCUT2D eigenvalue weighted by atomic mass is 9.99. The quantitative estimate of drug-likeness (QED) is 0.696. The smallest absolute Gasteiger partial charge is 0.233 e. The molecule has 1 aliphatic rings. The Morgan fingerprint density at radius 3 is 2.32 bits per heavy atom. The molecule has 0 radical (unpaired) electrons. The molecule has 1 aliphatic heterocycles. The third-order valence-corrected chi connectivity index (χ3v) is 5.49. The molecule has 1 saturated heterocycles. The largest absolute Gasteiger partial charge is 0.381 e. The van der Waals surface area contributed by atoms with Crippen LogP contribution >= 0.6 is 11.8 Å². The van der Waals surface area contributed by atoms with E-state index in [0.29, 0.717) is 18.2 Å². The van der Waals surface area contributed by atoms with Crippen molar-refractivity contribution in [3.63, 3.8) is 0 Å². The SMILES string of the molecule is O=C(CSc1ccccc1)N(Cc1ccccc1)CC1CCOCC1. The van der Waals surface area contributed by atoms with Gasteiger partial charge in [-0.25, -0.2) is 0 Å². The van der Waals surface area contributed by atoms with E-state index in [1.165, 1.54) is 5.56 Å². The number of hydrogen-bond donors (Lipinski definition) is 0. The van der Waals surface area contributed by atoms with E-state index in [1.807, 2.05) is 41.3 Å². The van der Waals surface area contributed by atoms with Crippen LogP contribution in [-0.2, 0) is 16.1 Å². The molecule has 0 spiro atoms. The summed E-state index contributed by atoms with van der Waals surface area (Å²) in [6.45, 7) is 3.15. The zero-order chi connectivity index (χ0) is 17.3. The predicted molar refractivity (Wildman–Crippen MR) is 103 cm³/mol. The molecule has 3 rings (SSSR count). The maximum Gasteiger partial charge on any atom is 0.233 e. The maximum absolute atomic E-state index is 12.9. The van der Waals surface area contributed by atoms with Crippen molar-refractivity contribution in [1.29, 1.82) is 0 Å². The number of benzene rings is 2. The molecule has 1 amide bonds. The van der Waals surface area contributed by atoms with Crippen molar-refractivity contribution in [1.82, 2.24) is 4.90 Å². The molecule has 0 atom stereocenters. The predicted octanol–water partition coefficient (Wildman–Crippen LogP) is 4.23. The first-order chi connectivity index (χ1) is 12.3. The number of carbonyl (C=O) groups excluding carboxylic acids is 1. The molecule has 0 aliphatic carbocycles. The Bertz CT molecular complexity index is 641. The van der Waals surface area contributed by atoms with Crippen molar-refractivity contribution < 1.29 is 9.53 Å². The van der Waals surface area contributed by atoms with Crippen molar-refractivity contribution in [2.24, 2.45) is 5.92 Å². The van der Waals surface area contributed by atoms with Crippen molar-refractivity contribution in [3.05, 3.63) is 66.2 Å². The number of thioether (sulfide) groups is 1. The van der Waals surface area contributed by atoms with Crippen LogP contribution in [0.1, 0.15) is 18.4 Å². The standard InChI is InChI=1S/C21H25NO2S/c23-21(17-25-20-9-5-2-6-10-20)22(15-18-7-3-1-4-8-18)16-19-11-13-24-14-12-19/h1-10,19H,11-17H2. The summed E-state index contributed by atoms with van der Waals surface area (Å²) in [5.41, 5.74) is 1.19. The van der Waals surface area contributed by atoms with E-state index in [4.69, 9.17) is 4.74 Å². The van der Waals surface area contributed by atoms with Crippen LogP contribution in [0.25, 0.3) is 0 Å². The molecule has 2 aromatic carbocycles. The van der Waals surface area contributed by atoms with Gasteiger partial charge in [-0.1, -0.05) is 48.5 Å². The summed E-state index contributed by atoms with van der Waals surface area (Å²) in [6, 6.07) is 20.4. The van der Waals surface area contributed by atoms with Crippen LogP contribution in [0.4, 0.5) is 0 Å². The highest BCUT2D eigenvalue weighted by atomic mass is 32.2. The molecule has 1 fully saturated rings. The van der Waals surface area contributed by atoms with Gasteiger partial charge in [-0.05, 0) is 36.5 Å². The maximum atomic E-state index is 12.9. The van der Waals surface area contributed by atoms with E-state index in [0.717, 1.165) is 37.5 Å². The first kappa shape index (κ1) is 18.0. The van der Waals surface area contributed by atoms with E-state index in [1.54, 1.807) is 11.8 Å². The van der Waals surface area contributed by atoms with Crippen molar-refractivity contribution in [2.45, 2.75) is 24.3 Å². The van der Waals surface area contributed by atoms with Gasteiger partial charge in [0, 0.05) is 31.2 Å². The fourth-order valence-corrected chi connectivity index (χ4v) is 3.87. The Kier molecular flexibility index (Phi) is 6.95. The van der Waals surface area contributed by atoms with E-state index in [9.17, 15) is 4.79 Å². The van der Waals surface area contributed by atoms with E-state index < -0.39 is 0 Å². The molecule has 4 heteroatoms. The topological polar surface area (TPSA) is 29.5 Å². The fraction of sp³-hybridized carbons (Fsp3) is 0.381. The third kappa shape index (κ3) is 5.91. The second kappa shape index (κ2) is 9.64. The summed E-state index contributed by atoms with van der Waals surface area (Å²) in [4.78, 5) is 16.0. The van der Waals surface area contributed by atoms with Gasteiger partial charge in [0.2, 0.25) is 5.91 Å². The first-order valence-corrected chi connectivity index (χ1v) is 9.87. The highest BCUT2D eigenvalue weighted by molar-refractivity contribution is 8.00. The van der Waals surface area contributed by atoms with Crippen LogP contribution in [0, 0.1) is 5.92 Å². The Balaban J connectivity index is 1.62. The minimum absolute atomic E-state index is 0.212. The Labute approximate surface area is 154 Å². The van der Waals surface area contributed by atoms with Gasteiger partial charge in [-0.3, -0.25) is 4.79 Å². The third-order valence-electron chi connectivity index (χ3n) is 4.49.